The molecule has 1 fully saturated rings. The molecular formula is C21H24ClFN4O4. The van der Waals surface area contributed by atoms with Gasteiger partial charge in [-0.3, -0.25) is 4.79 Å². The lowest BCUT2D eigenvalue weighted by atomic mass is 10.0. The molecule has 0 bridgehead atoms. The van der Waals surface area contributed by atoms with Gasteiger partial charge in [0.05, 0.1) is 29.9 Å². The fourth-order valence-electron chi connectivity index (χ4n) is 3.40. The average Bonchev–Trinajstić information content (AvgIpc) is 2.75. The molecule has 8 nitrogen and oxygen atoms in total. The Morgan fingerprint density at radius 2 is 2.00 bits per heavy atom. The number of carbonyl (C=O) groups is 2. The van der Waals surface area contributed by atoms with Crippen LogP contribution < -0.4 is 15.8 Å². The summed E-state index contributed by atoms with van der Waals surface area (Å²) in [6, 6.07) is 5.54. The number of benzene rings is 1. The van der Waals surface area contributed by atoms with Crippen LogP contribution in [0.15, 0.2) is 24.3 Å². The van der Waals surface area contributed by atoms with Crippen LogP contribution in [0.2, 0.25) is 5.02 Å². The molecule has 0 spiro atoms. The number of halogens is 2. The van der Waals surface area contributed by atoms with Gasteiger partial charge in [0.1, 0.15) is 23.2 Å². The molecule has 2 aromatic rings. The minimum absolute atomic E-state index is 0.00458. The molecule has 0 aliphatic carbocycles. The maximum atomic E-state index is 13.9. The Morgan fingerprint density at radius 3 is 2.61 bits per heavy atom. The van der Waals surface area contributed by atoms with E-state index in [1.54, 1.807) is 17.9 Å². The van der Waals surface area contributed by atoms with E-state index >= 15 is 0 Å². The van der Waals surface area contributed by atoms with Gasteiger partial charge in [-0.2, -0.15) is 0 Å². The van der Waals surface area contributed by atoms with Gasteiger partial charge in [-0.15, -0.1) is 0 Å². The van der Waals surface area contributed by atoms with Gasteiger partial charge in [0.15, 0.2) is 0 Å². The summed E-state index contributed by atoms with van der Waals surface area (Å²) in [5.74, 6) is -0.586. The molecule has 3 rings (SSSR count). The number of anilines is 2. The molecule has 1 aromatic carbocycles. The number of ether oxygens (including phenoxy) is 2. The Labute approximate surface area is 184 Å². The van der Waals surface area contributed by atoms with E-state index in [9.17, 15) is 14.0 Å². The minimum Gasteiger partial charge on any atom is -0.496 e. The number of nitrogen functional groups attached to an aromatic ring is 1. The van der Waals surface area contributed by atoms with Crippen LogP contribution in [0.3, 0.4) is 0 Å². The topological polar surface area (TPSA) is 107 Å². The number of ketones is 1. The Bertz CT molecular complexity index is 980. The van der Waals surface area contributed by atoms with E-state index in [2.05, 4.69) is 10.3 Å². The first-order valence-electron chi connectivity index (χ1n) is 9.86. The van der Waals surface area contributed by atoms with E-state index in [0.717, 1.165) is 18.9 Å². The molecule has 1 saturated heterocycles. The van der Waals surface area contributed by atoms with Crippen molar-refractivity contribution < 1.29 is 23.5 Å². The maximum Gasteiger partial charge on any atom is 0.409 e. The first-order chi connectivity index (χ1) is 14.8. The van der Waals surface area contributed by atoms with Crippen molar-refractivity contribution in [2.45, 2.75) is 25.8 Å². The number of piperidine rings is 1. The molecule has 1 aliphatic heterocycles. The van der Waals surface area contributed by atoms with Crippen molar-refractivity contribution in [2.24, 2.45) is 0 Å². The number of hydrogen-bond acceptors (Lipinski definition) is 7. The van der Waals surface area contributed by atoms with Crippen molar-refractivity contribution in [2.75, 3.05) is 37.9 Å². The monoisotopic (exact) mass is 450 g/mol. The molecule has 166 valence electrons. The van der Waals surface area contributed by atoms with E-state index in [1.165, 1.54) is 19.2 Å². The molecule has 0 saturated carbocycles. The quantitative estimate of drug-likeness (QED) is 0.645. The Hall–Kier alpha value is -3.07. The number of pyridine rings is 1. The Morgan fingerprint density at radius 1 is 1.29 bits per heavy atom. The highest BCUT2D eigenvalue weighted by Gasteiger charge is 2.24. The van der Waals surface area contributed by atoms with Gasteiger partial charge >= 0.3 is 6.09 Å². The van der Waals surface area contributed by atoms with Crippen LogP contribution >= 0.6 is 11.6 Å². The number of carbonyl (C=O) groups excluding carboxylic acids is 2. The highest BCUT2D eigenvalue weighted by molar-refractivity contribution is 6.31. The van der Waals surface area contributed by atoms with Gasteiger partial charge < -0.3 is 25.4 Å². The second kappa shape index (κ2) is 9.82. The molecule has 0 radical (unpaired) electrons. The lowest BCUT2D eigenvalue weighted by Crippen LogP contribution is -2.42. The highest BCUT2D eigenvalue weighted by atomic mass is 35.5. The number of methoxy groups -OCH3 is 1. The molecule has 0 unspecified atom stereocenters. The van der Waals surface area contributed by atoms with Crippen molar-refractivity contribution in [3.8, 4) is 5.75 Å². The van der Waals surface area contributed by atoms with E-state index < -0.39 is 11.6 Å². The summed E-state index contributed by atoms with van der Waals surface area (Å²) in [5.41, 5.74) is 6.15. The normalized spacial score (nSPS) is 14.3. The Kier molecular flexibility index (Phi) is 7.17. The summed E-state index contributed by atoms with van der Waals surface area (Å²) in [7, 11) is 1.36. The summed E-state index contributed by atoms with van der Waals surface area (Å²) >= 11 is 5.76. The zero-order valence-electron chi connectivity index (χ0n) is 17.3. The second-order valence-electron chi connectivity index (χ2n) is 7.03. The third kappa shape index (κ3) is 5.16. The zero-order chi connectivity index (χ0) is 22.5. The van der Waals surface area contributed by atoms with E-state index in [-0.39, 0.29) is 39.9 Å². The van der Waals surface area contributed by atoms with Gasteiger partial charge in [-0.25, -0.2) is 14.2 Å². The number of rotatable bonds is 6. The summed E-state index contributed by atoms with van der Waals surface area (Å²) in [6.45, 7) is 3.27. The van der Waals surface area contributed by atoms with Gasteiger partial charge in [-0.1, -0.05) is 11.6 Å². The van der Waals surface area contributed by atoms with E-state index in [0.29, 0.717) is 25.5 Å². The predicted octanol–water partition coefficient (Wildman–Crippen LogP) is 3.73. The molecule has 31 heavy (non-hydrogen) atoms. The number of nitrogens with zero attached hydrogens (tertiary/aromatic N) is 2. The van der Waals surface area contributed by atoms with Gasteiger partial charge in [-0.05, 0) is 38.0 Å². The van der Waals surface area contributed by atoms with E-state index in [1.807, 2.05) is 0 Å². The molecule has 0 atom stereocenters. The Balaban J connectivity index is 1.69. The summed E-state index contributed by atoms with van der Waals surface area (Å²) in [4.78, 5) is 30.6. The van der Waals surface area contributed by atoms with Gasteiger partial charge in [0, 0.05) is 25.2 Å². The summed E-state index contributed by atoms with van der Waals surface area (Å²) in [5, 5.41) is 3.13. The van der Waals surface area contributed by atoms with Crippen LogP contribution in [0, 0.1) is 5.82 Å². The molecule has 1 amide bonds. The van der Waals surface area contributed by atoms with E-state index in [4.69, 9.17) is 26.8 Å². The highest BCUT2D eigenvalue weighted by Crippen LogP contribution is 2.29. The first kappa shape index (κ1) is 22.6. The molecule has 1 aliphatic rings. The first-order valence-corrected chi connectivity index (χ1v) is 10.2. The number of hydrogen-bond donors (Lipinski definition) is 2. The van der Waals surface area contributed by atoms with Gasteiger partial charge in [0.25, 0.3) is 0 Å². The largest absolute Gasteiger partial charge is 0.496 e. The van der Waals surface area contributed by atoms with Crippen molar-refractivity contribution in [3.63, 3.8) is 0 Å². The smallest absolute Gasteiger partial charge is 0.409 e. The number of nitrogens with two attached hydrogens (primary N) is 1. The summed E-state index contributed by atoms with van der Waals surface area (Å²) in [6.07, 6.45) is 1.14. The molecular weight excluding hydrogens is 427 g/mol. The zero-order valence-corrected chi connectivity index (χ0v) is 18.0. The van der Waals surface area contributed by atoms with Crippen molar-refractivity contribution in [1.29, 1.82) is 0 Å². The van der Waals surface area contributed by atoms with Crippen LogP contribution in [0.5, 0.6) is 5.75 Å². The molecule has 2 heterocycles. The third-order valence-electron chi connectivity index (χ3n) is 5.03. The fourth-order valence-corrected chi connectivity index (χ4v) is 3.55. The maximum absolute atomic E-state index is 13.9. The van der Waals surface area contributed by atoms with Crippen molar-refractivity contribution >= 4 is 35.1 Å². The standard InChI is InChI=1S/C21H24ClFN4O4/c1-3-31-21(29)27-8-6-12(7-9-27)25-18-5-4-13(20(24)26-18)19(28)14-10-16(23)15(22)11-17(14)30-2/h4-5,10-12H,3,6-9H2,1-2H3,(H3,24,25,26). The minimum atomic E-state index is -0.732. The summed E-state index contributed by atoms with van der Waals surface area (Å²) < 4.78 is 24.1. The molecule has 10 heteroatoms. The average molecular weight is 451 g/mol. The van der Waals surface area contributed by atoms with Crippen LogP contribution in [-0.4, -0.2) is 54.6 Å². The lowest BCUT2D eigenvalue weighted by Gasteiger charge is -2.31. The van der Waals surface area contributed by atoms with Crippen LogP contribution in [0.25, 0.3) is 0 Å². The SMILES string of the molecule is CCOC(=O)N1CCC(Nc2ccc(C(=O)c3cc(F)c(Cl)cc3OC)c(N)n2)CC1. The van der Waals surface area contributed by atoms with Crippen LogP contribution in [0.4, 0.5) is 20.8 Å². The number of likely N-dealkylation sites (tertiary alicyclic amines) is 1. The third-order valence-corrected chi connectivity index (χ3v) is 5.32. The molecule has 1 aromatic heterocycles. The number of amides is 1. The lowest BCUT2D eigenvalue weighted by molar-refractivity contribution is 0.0982. The fraction of sp³-hybridized carbons (Fsp3) is 0.381. The van der Waals surface area contributed by atoms with Gasteiger partial charge in [0.2, 0.25) is 5.78 Å². The van der Waals surface area contributed by atoms with Crippen molar-refractivity contribution in [3.05, 3.63) is 46.2 Å². The van der Waals surface area contributed by atoms with Crippen molar-refractivity contribution in [1.82, 2.24) is 9.88 Å². The predicted molar refractivity (Wildman–Crippen MR) is 115 cm³/mol. The second-order valence-corrected chi connectivity index (χ2v) is 7.44. The van der Waals surface area contributed by atoms with Crippen LogP contribution in [0.1, 0.15) is 35.7 Å². The number of aromatic nitrogens is 1. The van der Waals surface area contributed by atoms with Crippen LogP contribution in [-0.2, 0) is 4.74 Å². The molecule has 3 N–H and O–H groups in total. The number of nitrogens with one attached hydrogen (secondary N) is 1.